The Morgan fingerprint density at radius 2 is 2.17 bits per heavy atom. The highest BCUT2D eigenvalue weighted by Crippen LogP contribution is 2.22. The standard InChI is InChI=1S/C12H11FN2OS2/c1-8-14-15-12(18-8)17-7-10(16)6-9-4-2-3-5-11(9)13/h2-5H,6-7H2,1H3. The maximum absolute atomic E-state index is 13.3. The Morgan fingerprint density at radius 3 is 2.83 bits per heavy atom. The number of carbonyl (C=O) groups is 1. The maximum atomic E-state index is 13.3. The molecule has 0 aliphatic carbocycles. The monoisotopic (exact) mass is 282 g/mol. The van der Waals surface area contributed by atoms with Gasteiger partial charge in [-0.15, -0.1) is 10.2 Å². The normalized spacial score (nSPS) is 10.6. The third-order valence-corrected chi connectivity index (χ3v) is 4.24. The minimum absolute atomic E-state index is 0.0158. The molecule has 0 aliphatic heterocycles. The van der Waals surface area contributed by atoms with Gasteiger partial charge in [0.1, 0.15) is 16.6 Å². The van der Waals surface area contributed by atoms with E-state index in [1.54, 1.807) is 18.2 Å². The van der Waals surface area contributed by atoms with Gasteiger partial charge in [0.15, 0.2) is 4.34 Å². The molecule has 0 saturated heterocycles. The molecule has 1 heterocycles. The number of thioether (sulfide) groups is 1. The zero-order chi connectivity index (χ0) is 13.0. The van der Waals surface area contributed by atoms with Gasteiger partial charge in [-0.05, 0) is 18.6 Å². The third kappa shape index (κ3) is 3.61. The summed E-state index contributed by atoms with van der Waals surface area (Å²) >= 11 is 2.80. The van der Waals surface area contributed by atoms with Crippen LogP contribution in [0.3, 0.4) is 0 Å². The van der Waals surface area contributed by atoms with E-state index >= 15 is 0 Å². The number of Topliss-reactive ketones (excluding diaryl/α,β-unsaturated/α-hetero) is 1. The first-order valence-electron chi connectivity index (χ1n) is 5.33. The Hall–Kier alpha value is -1.27. The van der Waals surface area contributed by atoms with Crippen LogP contribution < -0.4 is 0 Å². The highest BCUT2D eigenvalue weighted by Gasteiger charge is 2.10. The second kappa shape index (κ2) is 6.06. The fourth-order valence-electron chi connectivity index (χ4n) is 1.38. The van der Waals surface area contributed by atoms with E-state index in [1.165, 1.54) is 29.2 Å². The summed E-state index contributed by atoms with van der Waals surface area (Å²) in [7, 11) is 0. The average molecular weight is 282 g/mol. The highest BCUT2D eigenvalue weighted by molar-refractivity contribution is 8.01. The molecule has 3 nitrogen and oxygen atoms in total. The lowest BCUT2D eigenvalue weighted by Gasteiger charge is -2.01. The summed E-state index contributed by atoms with van der Waals surface area (Å²) in [6, 6.07) is 6.34. The molecule has 0 spiro atoms. The van der Waals surface area contributed by atoms with Crippen LogP contribution >= 0.6 is 23.1 Å². The van der Waals surface area contributed by atoms with Crippen molar-refractivity contribution in [3.05, 3.63) is 40.7 Å². The van der Waals surface area contributed by atoms with Crippen LogP contribution in [0.4, 0.5) is 4.39 Å². The molecule has 0 amide bonds. The summed E-state index contributed by atoms with van der Waals surface area (Å²) in [4.78, 5) is 11.7. The smallest absolute Gasteiger partial charge is 0.174 e. The van der Waals surface area contributed by atoms with E-state index in [4.69, 9.17) is 0 Å². The van der Waals surface area contributed by atoms with Crippen LogP contribution in [-0.4, -0.2) is 21.7 Å². The largest absolute Gasteiger partial charge is 0.298 e. The van der Waals surface area contributed by atoms with Crippen molar-refractivity contribution < 1.29 is 9.18 Å². The van der Waals surface area contributed by atoms with Gasteiger partial charge in [-0.2, -0.15) is 0 Å². The first-order chi connectivity index (χ1) is 8.65. The summed E-state index contributed by atoms with van der Waals surface area (Å²) in [5, 5.41) is 8.66. The van der Waals surface area contributed by atoms with E-state index in [-0.39, 0.29) is 18.0 Å². The van der Waals surface area contributed by atoms with Crippen molar-refractivity contribution in [2.75, 3.05) is 5.75 Å². The van der Waals surface area contributed by atoms with Crippen molar-refractivity contribution in [3.63, 3.8) is 0 Å². The number of halogens is 1. The number of aryl methyl sites for hydroxylation is 1. The Labute approximate surface area is 112 Å². The SMILES string of the molecule is Cc1nnc(SCC(=O)Cc2ccccc2F)s1. The van der Waals surface area contributed by atoms with Crippen molar-refractivity contribution in [1.82, 2.24) is 10.2 Å². The molecule has 6 heteroatoms. The summed E-state index contributed by atoms with van der Waals surface area (Å²) in [5.74, 6) is -0.0521. The fourth-order valence-corrected chi connectivity index (χ4v) is 3.06. The molecule has 0 aliphatic rings. The van der Waals surface area contributed by atoms with Crippen LogP contribution in [0, 0.1) is 12.7 Å². The number of benzene rings is 1. The molecular weight excluding hydrogens is 271 g/mol. The van der Waals surface area contributed by atoms with Gasteiger partial charge in [0.2, 0.25) is 0 Å². The van der Waals surface area contributed by atoms with Crippen LogP contribution in [0.1, 0.15) is 10.6 Å². The number of carbonyl (C=O) groups excluding carboxylic acids is 1. The minimum atomic E-state index is -0.331. The molecule has 1 aromatic heterocycles. The number of ketones is 1. The van der Waals surface area contributed by atoms with Crippen molar-refractivity contribution in [3.8, 4) is 0 Å². The van der Waals surface area contributed by atoms with Crippen molar-refractivity contribution in [2.24, 2.45) is 0 Å². The summed E-state index contributed by atoms with van der Waals surface area (Å²) in [6.45, 7) is 1.86. The van der Waals surface area contributed by atoms with E-state index in [9.17, 15) is 9.18 Å². The molecule has 0 fully saturated rings. The lowest BCUT2D eigenvalue weighted by molar-refractivity contribution is -0.116. The van der Waals surface area contributed by atoms with Gasteiger partial charge in [0.05, 0.1) is 5.75 Å². The second-order valence-corrected chi connectivity index (χ2v) is 6.09. The van der Waals surface area contributed by atoms with Crippen molar-refractivity contribution in [2.45, 2.75) is 17.7 Å². The van der Waals surface area contributed by atoms with E-state index in [1.807, 2.05) is 6.92 Å². The van der Waals surface area contributed by atoms with Crippen LogP contribution in [0.25, 0.3) is 0 Å². The molecule has 2 rings (SSSR count). The van der Waals surface area contributed by atoms with Gasteiger partial charge >= 0.3 is 0 Å². The first-order valence-corrected chi connectivity index (χ1v) is 7.13. The van der Waals surface area contributed by atoms with Gasteiger partial charge < -0.3 is 0 Å². The van der Waals surface area contributed by atoms with E-state index in [0.29, 0.717) is 11.3 Å². The van der Waals surface area contributed by atoms with Crippen LogP contribution in [-0.2, 0) is 11.2 Å². The molecule has 0 unspecified atom stereocenters. The quantitative estimate of drug-likeness (QED) is 0.791. The summed E-state index contributed by atoms with van der Waals surface area (Å²) < 4.78 is 14.1. The zero-order valence-electron chi connectivity index (χ0n) is 9.72. The lowest BCUT2D eigenvalue weighted by atomic mass is 10.1. The Kier molecular flexibility index (Phi) is 4.43. The van der Waals surface area contributed by atoms with E-state index in [2.05, 4.69) is 10.2 Å². The number of rotatable bonds is 5. The summed E-state index contributed by atoms with van der Waals surface area (Å²) in [5.41, 5.74) is 0.441. The van der Waals surface area contributed by atoms with Crippen LogP contribution in [0.15, 0.2) is 28.6 Å². The van der Waals surface area contributed by atoms with Gasteiger partial charge in [-0.25, -0.2) is 4.39 Å². The third-order valence-electron chi connectivity index (χ3n) is 2.21. The number of nitrogens with zero attached hydrogens (tertiary/aromatic N) is 2. The maximum Gasteiger partial charge on any atom is 0.174 e. The molecule has 18 heavy (non-hydrogen) atoms. The molecule has 0 saturated carbocycles. The Bertz CT molecular complexity index is 557. The van der Waals surface area contributed by atoms with Crippen molar-refractivity contribution in [1.29, 1.82) is 0 Å². The van der Waals surface area contributed by atoms with Gasteiger partial charge in [-0.1, -0.05) is 41.3 Å². The van der Waals surface area contributed by atoms with Crippen LogP contribution in [0.2, 0.25) is 0 Å². The molecule has 1 aromatic carbocycles. The average Bonchev–Trinajstić information content (AvgIpc) is 2.76. The summed E-state index contributed by atoms with van der Waals surface area (Å²) in [6.07, 6.45) is 0.122. The highest BCUT2D eigenvalue weighted by atomic mass is 32.2. The van der Waals surface area contributed by atoms with Gasteiger partial charge in [0.25, 0.3) is 0 Å². The predicted molar refractivity (Wildman–Crippen MR) is 70.5 cm³/mol. The van der Waals surface area contributed by atoms with E-state index < -0.39 is 0 Å². The fraction of sp³-hybridized carbons (Fsp3) is 0.250. The predicted octanol–water partition coefficient (Wildman–Crippen LogP) is 2.89. The molecule has 0 atom stereocenters. The molecule has 0 radical (unpaired) electrons. The molecule has 2 aromatic rings. The Balaban J connectivity index is 1.88. The molecule has 0 bridgehead atoms. The van der Waals surface area contributed by atoms with Gasteiger partial charge in [0, 0.05) is 6.42 Å². The van der Waals surface area contributed by atoms with Crippen molar-refractivity contribution >= 4 is 28.9 Å². The first kappa shape index (κ1) is 13.2. The Morgan fingerprint density at radius 1 is 1.39 bits per heavy atom. The number of hydrogen-bond donors (Lipinski definition) is 0. The van der Waals surface area contributed by atoms with Gasteiger partial charge in [-0.3, -0.25) is 4.79 Å². The number of hydrogen-bond acceptors (Lipinski definition) is 5. The van der Waals surface area contributed by atoms with E-state index in [0.717, 1.165) is 9.35 Å². The lowest BCUT2D eigenvalue weighted by Crippen LogP contribution is -2.07. The second-order valence-electron chi connectivity index (χ2n) is 3.68. The topological polar surface area (TPSA) is 42.9 Å². The molecular formula is C12H11FN2OS2. The molecule has 94 valence electrons. The zero-order valence-corrected chi connectivity index (χ0v) is 11.4. The van der Waals surface area contributed by atoms with Crippen LogP contribution in [0.5, 0.6) is 0 Å². The molecule has 0 N–H and O–H groups in total. The number of aromatic nitrogens is 2. The minimum Gasteiger partial charge on any atom is -0.298 e.